The van der Waals surface area contributed by atoms with Crippen LogP contribution in [0.2, 0.25) is 0 Å². The van der Waals surface area contributed by atoms with Crippen molar-refractivity contribution in [3.05, 3.63) is 65.5 Å². The van der Waals surface area contributed by atoms with Gasteiger partial charge in [0.05, 0.1) is 11.3 Å². The number of fused-ring (bicyclic) bond motifs is 1. The van der Waals surface area contributed by atoms with Crippen molar-refractivity contribution >= 4 is 34.3 Å². The molecule has 0 spiro atoms. The average molecular weight is 340 g/mol. The molecule has 24 heavy (non-hydrogen) atoms. The summed E-state index contributed by atoms with van der Waals surface area (Å²) < 4.78 is 12.9. The standard InChI is InChI=1S/C19H17FN2OS/c1-12-3-4-14-10-13(2)19(22-17(14)9-12)24-11-18(23)21-16-7-5-15(20)6-8-16/h3-10H,11H2,1-2H3,(H,21,23). The zero-order valence-corrected chi connectivity index (χ0v) is 14.3. The molecule has 3 nitrogen and oxygen atoms in total. The minimum Gasteiger partial charge on any atom is -0.325 e. The van der Waals surface area contributed by atoms with Crippen molar-refractivity contribution in [3.63, 3.8) is 0 Å². The molecule has 0 radical (unpaired) electrons. The molecule has 3 rings (SSSR count). The smallest absolute Gasteiger partial charge is 0.234 e. The highest BCUT2D eigenvalue weighted by Crippen LogP contribution is 2.25. The van der Waals surface area contributed by atoms with Gasteiger partial charge < -0.3 is 5.32 Å². The molecule has 1 heterocycles. The molecule has 0 saturated carbocycles. The zero-order chi connectivity index (χ0) is 17.1. The Kier molecular flexibility index (Phi) is 4.81. The van der Waals surface area contributed by atoms with Crippen molar-refractivity contribution in [1.82, 2.24) is 4.98 Å². The van der Waals surface area contributed by atoms with E-state index in [1.54, 1.807) is 12.1 Å². The Labute approximate surface area is 144 Å². The van der Waals surface area contributed by atoms with Crippen molar-refractivity contribution in [2.24, 2.45) is 0 Å². The molecule has 0 aliphatic carbocycles. The summed E-state index contributed by atoms with van der Waals surface area (Å²) >= 11 is 1.40. The number of carbonyl (C=O) groups excluding carboxylic acids is 1. The van der Waals surface area contributed by atoms with Crippen LogP contribution in [0.5, 0.6) is 0 Å². The van der Waals surface area contributed by atoms with Gasteiger partial charge in [0, 0.05) is 11.1 Å². The Morgan fingerprint density at radius 2 is 1.88 bits per heavy atom. The van der Waals surface area contributed by atoms with Crippen LogP contribution in [0, 0.1) is 19.7 Å². The van der Waals surface area contributed by atoms with Gasteiger partial charge in [-0.05, 0) is 61.4 Å². The highest BCUT2D eigenvalue weighted by atomic mass is 32.2. The van der Waals surface area contributed by atoms with Crippen LogP contribution in [-0.2, 0) is 4.79 Å². The number of hydrogen-bond acceptors (Lipinski definition) is 3. The molecule has 0 aliphatic heterocycles. The van der Waals surface area contributed by atoms with E-state index in [9.17, 15) is 9.18 Å². The van der Waals surface area contributed by atoms with E-state index in [1.165, 1.54) is 23.9 Å². The number of hydrogen-bond donors (Lipinski definition) is 1. The SMILES string of the molecule is Cc1ccc2cc(C)c(SCC(=O)Nc3ccc(F)cc3)nc2c1. The molecule has 1 aromatic heterocycles. The Morgan fingerprint density at radius 3 is 2.62 bits per heavy atom. The highest BCUT2D eigenvalue weighted by Gasteiger charge is 2.08. The van der Waals surface area contributed by atoms with Crippen LogP contribution < -0.4 is 5.32 Å². The van der Waals surface area contributed by atoms with E-state index in [-0.39, 0.29) is 17.5 Å². The van der Waals surface area contributed by atoms with Crippen molar-refractivity contribution < 1.29 is 9.18 Å². The maximum Gasteiger partial charge on any atom is 0.234 e. The summed E-state index contributed by atoms with van der Waals surface area (Å²) in [4.78, 5) is 16.7. The molecule has 5 heteroatoms. The lowest BCUT2D eigenvalue weighted by Crippen LogP contribution is -2.14. The Balaban J connectivity index is 1.69. The van der Waals surface area contributed by atoms with Gasteiger partial charge in [0.2, 0.25) is 5.91 Å². The second-order valence-corrected chi connectivity index (χ2v) is 6.61. The maximum atomic E-state index is 12.9. The van der Waals surface area contributed by atoms with E-state index in [0.29, 0.717) is 5.69 Å². The Morgan fingerprint density at radius 1 is 1.12 bits per heavy atom. The first-order chi connectivity index (χ1) is 11.5. The lowest BCUT2D eigenvalue weighted by atomic mass is 10.1. The van der Waals surface area contributed by atoms with Gasteiger partial charge >= 0.3 is 0 Å². The second kappa shape index (κ2) is 7.01. The molecule has 3 aromatic rings. The molecule has 0 bridgehead atoms. The molecule has 0 atom stereocenters. The third kappa shape index (κ3) is 3.92. The summed E-state index contributed by atoms with van der Waals surface area (Å²) in [6.07, 6.45) is 0. The van der Waals surface area contributed by atoms with E-state index in [1.807, 2.05) is 19.9 Å². The largest absolute Gasteiger partial charge is 0.325 e. The molecule has 0 saturated heterocycles. The van der Waals surface area contributed by atoms with Crippen LogP contribution in [0.1, 0.15) is 11.1 Å². The number of aromatic nitrogens is 1. The number of thioether (sulfide) groups is 1. The van der Waals surface area contributed by atoms with Crippen LogP contribution in [-0.4, -0.2) is 16.6 Å². The predicted molar refractivity (Wildman–Crippen MR) is 97.0 cm³/mol. The van der Waals surface area contributed by atoms with E-state index in [4.69, 9.17) is 0 Å². The van der Waals surface area contributed by atoms with E-state index in [0.717, 1.165) is 27.1 Å². The number of pyridine rings is 1. The number of aryl methyl sites for hydroxylation is 2. The lowest BCUT2D eigenvalue weighted by molar-refractivity contribution is -0.113. The van der Waals surface area contributed by atoms with Crippen molar-refractivity contribution in [2.45, 2.75) is 18.9 Å². The van der Waals surface area contributed by atoms with Gasteiger partial charge in [0.15, 0.2) is 0 Å². The summed E-state index contributed by atoms with van der Waals surface area (Å²) in [7, 11) is 0. The van der Waals surface area contributed by atoms with Crippen LogP contribution in [0.4, 0.5) is 10.1 Å². The Hall–Kier alpha value is -2.40. The molecule has 0 aliphatic rings. The summed E-state index contributed by atoms with van der Waals surface area (Å²) in [5.74, 6) is -0.214. The van der Waals surface area contributed by atoms with E-state index < -0.39 is 0 Å². The van der Waals surface area contributed by atoms with Crippen LogP contribution in [0.25, 0.3) is 10.9 Å². The summed E-state index contributed by atoms with van der Waals surface area (Å²) in [5, 5.41) is 4.70. The monoisotopic (exact) mass is 340 g/mol. The first-order valence-corrected chi connectivity index (χ1v) is 8.56. The average Bonchev–Trinajstić information content (AvgIpc) is 2.55. The fourth-order valence-corrected chi connectivity index (χ4v) is 3.16. The predicted octanol–water partition coefficient (Wildman–Crippen LogP) is 4.72. The third-order valence-corrected chi connectivity index (χ3v) is 4.68. The number of nitrogens with zero attached hydrogens (tertiary/aromatic N) is 1. The fourth-order valence-electron chi connectivity index (χ4n) is 2.38. The summed E-state index contributed by atoms with van der Waals surface area (Å²) in [6, 6.07) is 14.0. The molecule has 1 N–H and O–H groups in total. The second-order valence-electron chi connectivity index (χ2n) is 5.65. The van der Waals surface area contributed by atoms with Crippen LogP contribution >= 0.6 is 11.8 Å². The topological polar surface area (TPSA) is 42.0 Å². The molecule has 122 valence electrons. The van der Waals surface area contributed by atoms with E-state index >= 15 is 0 Å². The summed E-state index contributed by atoms with van der Waals surface area (Å²) in [6.45, 7) is 4.02. The first kappa shape index (κ1) is 16.5. The zero-order valence-electron chi connectivity index (χ0n) is 13.5. The molecular weight excluding hydrogens is 323 g/mol. The summed E-state index contributed by atoms with van der Waals surface area (Å²) in [5.41, 5.74) is 3.72. The Bertz CT molecular complexity index is 894. The normalized spacial score (nSPS) is 10.8. The minimum absolute atomic E-state index is 0.142. The molecule has 0 unspecified atom stereocenters. The van der Waals surface area contributed by atoms with Gasteiger partial charge in [-0.2, -0.15) is 0 Å². The number of amides is 1. The lowest BCUT2D eigenvalue weighted by Gasteiger charge is -2.08. The molecule has 0 fully saturated rings. The number of nitrogens with one attached hydrogen (secondary N) is 1. The number of anilines is 1. The van der Waals surface area contributed by atoms with Crippen LogP contribution in [0.3, 0.4) is 0 Å². The van der Waals surface area contributed by atoms with Gasteiger partial charge in [0.25, 0.3) is 0 Å². The van der Waals surface area contributed by atoms with Gasteiger partial charge in [0.1, 0.15) is 10.8 Å². The fraction of sp³-hybridized carbons (Fsp3) is 0.158. The van der Waals surface area contributed by atoms with Gasteiger partial charge in [-0.1, -0.05) is 23.9 Å². The van der Waals surface area contributed by atoms with Crippen molar-refractivity contribution in [2.75, 3.05) is 11.1 Å². The number of carbonyl (C=O) groups is 1. The number of benzene rings is 2. The van der Waals surface area contributed by atoms with E-state index in [2.05, 4.69) is 28.5 Å². The highest BCUT2D eigenvalue weighted by molar-refractivity contribution is 8.00. The minimum atomic E-state index is -0.325. The van der Waals surface area contributed by atoms with Crippen molar-refractivity contribution in [1.29, 1.82) is 0 Å². The third-order valence-electron chi connectivity index (χ3n) is 3.59. The number of rotatable bonds is 4. The molecular formula is C19H17FN2OS. The molecule has 1 amide bonds. The first-order valence-electron chi connectivity index (χ1n) is 7.57. The van der Waals surface area contributed by atoms with Crippen molar-refractivity contribution in [3.8, 4) is 0 Å². The number of halogens is 1. The van der Waals surface area contributed by atoms with Gasteiger partial charge in [-0.25, -0.2) is 9.37 Å². The van der Waals surface area contributed by atoms with Gasteiger partial charge in [-0.15, -0.1) is 0 Å². The quantitative estimate of drug-likeness (QED) is 0.699. The maximum absolute atomic E-state index is 12.9. The van der Waals surface area contributed by atoms with Crippen LogP contribution in [0.15, 0.2) is 53.6 Å². The molecule has 2 aromatic carbocycles. The van der Waals surface area contributed by atoms with Gasteiger partial charge in [-0.3, -0.25) is 4.79 Å².